The molecule has 0 spiro atoms. The summed E-state index contributed by atoms with van der Waals surface area (Å²) in [7, 11) is 1.76. The third kappa shape index (κ3) is 7.52. The van der Waals surface area contributed by atoms with Crippen LogP contribution in [0.3, 0.4) is 0 Å². The number of aliphatic carboxylic acids is 1. The van der Waals surface area contributed by atoms with Crippen LogP contribution in [0.5, 0.6) is 0 Å². The van der Waals surface area contributed by atoms with Crippen molar-refractivity contribution in [1.29, 1.82) is 0 Å². The van der Waals surface area contributed by atoms with Crippen molar-refractivity contribution < 1.29 is 27.9 Å². The van der Waals surface area contributed by atoms with Gasteiger partial charge < -0.3 is 9.67 Å². The van der Waals surface area contributed by atoms with Crippen molar-refractivity contribution in [1.82, 2.24) is 24.7 Å². The number of thiazole rings is 1. The number of amides is 1. The molecule has 0 aliphatic rings. The zero-order chi connectivity index (χ0) is 28.2. The van der Waals surface area contributed by atoms with Gasteiger partial charge in [0.05, 0.1) is 16.0 Å². The highest BCUT2D eigenvalue weighted by Crippen LogP contribution is 2.37. The lowest BCUT2D eigenvalue weighted by Crippen LogP contribution is -2.15. The minimum Gasteiger partial charge on any atom is -0.480 e. The molecule has 1 amide bonds. The maximum absolute atomic E-state index is 13.3. The van der Waals surface area contributed by atoms with E-state index >= 15 is 0 Å². The number of halogens is 3. The third-order valence-corrected chi connectivity index (χ3v) is 9.38. The van der Waals surface area contributed by atoms with Crippen molar-refractivity contribution in [2.75, 3.05) is 5.32 Å². The first-order chi connectivity index (χ1) is 18.5. The number of aromatic nitrogens is 5. The van der Waals surface area contributed by atoms with Gasteiger partial charge in [-0.05, 0) is 54.6 Å². The second-order valence-corrected chi connectivity index (χ2v) is 12.4. The number of pyridine rings is 1. The number of carbonyl (C=O) groups excluding carboxylic acids is 1. The molecule has 3 heterocycles. The van der Waals surface area contributed by atoms with Gasteiger partial charge in [0.1, 0.15) is 22.3 Å². The average molecular weight is 613 g/mol. The number of nitrogens with one attached hydrogen (secondary N) is 1. The van der Waals surface area contributed by atoms with Crippen LogP contribution >= 0.6 is 46.6 Å². The molecule has 2 N–H and O–H groups in total. The smallest absolute Gasteiger partial charge is 0.416 e. The number of nitrogens with zero attached hydrogens (tertiary/aromatic N) is 5. The number of anilines is 1. The number of benzene rings is 1. The fourth-order valence-electron chi connectivity index (χ4n) is 3.00. The van der Waals surface area contributed by atoms with E-state index < -0.39 is 28.9 Å². The molecule has 0 radical (unpaired) electrons. The summed E-state index contributed by atoms with van der Waals surface area (Å²) >= 11 is 4.55. The van der Waals surface area contributed by atoms with E-state index in [1.807, 2.05) is 0 Å². The van der Waals surface area contributed by atoms with E-state index in [1.54, 1.807) is 30.7 Å². The minimum atomic E-state index is -4.46. The summed E-state index contributed by atoms with van der Waals surface area (Å²) < 4.78 is 41.2. The molecule has 0 bridgehead atoms. The largest absolute Gasteiger partial charge is 0.480 e. The fourth-order valence-corrected chi connectivity index (χ4v) is 6.62. The van der Waals surface area contributed by atoms with Crippen LogP contribution in [0.1, 0.15) is 29.4 Å². The third-order valence-electron chi connectivity index (χ3n) is 4.93. The molecule has 4 aromatic rings. The maximum atomic E-state index is 13.3. The molecule has 1 atom stereocenters. The summed E-state index contributed by atoms with van der Waals surface area (Å²) in [6.45, 7) is 1.77. The topological polar surface area (TPSA) is 123 Å². The van der Waals surface area contributed by atoms with Gasteiger partial charge in [0, 0.05) is 16.8 Å². The van der Waals surface area contributed by atoms with Crippen molar-refractivity contribution in [3.8, 4) is 0 Å². The minimum absolute atomic E-state index is 0.0356. The van der Waals surface area contributed by atoms with Crippen molar-refractivity contribution in [3.63, 3.8) is 0 Å². The first-order valence-electron chi connectivity index (χ1n) is 11.1. The zero-order valence-electron chi connectivity index (χ0n) is 20.2. The van der Waals surface area contributed by atoms with Gasteiger partial charge in [0.25, 0.3) is 5.91 Å². The van der Waals surface area contributed by atoms with E-state index in [0.717, 1.165) is 47.0 Å². The normalized spacial score (nSPS) is 12.3. The number of hydrogen-bond donors (Lipinski definition) is 2. The molecule has 9 nitrogen and oxygen atoms in total. The number of thioether (sulfide) groups is 1. The Morgan fingerprint density at radius 3 is 2.51 bits per heavy atom. The van der Waals surface area contributed by atoms with Crippen molar-refractivity contribution in [2.45, 2.75) is 49.0 Å². The Balaban J connectivity index is 1.59. The quantitative estimate of drug-likeness (QED) is 0.200. The van der Waals surface area contributed by atoms with E-state index in [4.69, 9.17) is 0 Å². The first-order valence-corrected chi connectivity index (χ1v) is 14.4. The molecule has 0 saturated heterocycles. The van der Waals surface area contributed by atoms with Crippen molar-refractivity contribution in [2.24, 2.45) is 7.05 Å². The highest BCUT2D eigenvalue weighted by Gasteiger charge is 2.30. The van der Waals surface area contributed by atoms with E-state index in [0.29, 0.717) is 30.6 Å². The van der Waals surface area contributed by atoms with Gasteiger partial charge in [0.15, 0.2) is 10.3 Å². The summed E-state index contributed by atoms with van der Waals surface area (Å²) in [5.74, 6) is -1.52. The Hall–Kier alpha value is -3.08. The van der Waals surface area contributed by atoms with Crippen LogP contribution in [0.25, 0.3) is 0 Å². The Kier molecular flexibility index (Phi) is 9.19. The lowest BCUT2D eigenvalue weighted by molar-refractivity contribution is -0.138. The van der Waals surface area contributed by atoms with Crippen LogP contribution in [-0.4, -0.2) is 47.0 Å². The van der Waals surface area contributed by atoms with E-state index in [1.165, 1.54) is 36.4 Å². The summed E-state index contributed by atoms with van der Waals surface area (Å²) in [5, 5.41) is 20.4. The molecule has 0 aliphatic carbocycles. The van der Waals surface area contributed by atoms with Gasteiger partial charge in [-0.2, -0.15) is 13.2 Å². The molecule has 0 saturated carbocycles. The average Bonchev–Trinajstić information content (AvgIpc) is 3.51. The predicted octanol–water partition coefficient (Wildman–Crippen LogP) is 6.20. The molecule has 1 unspecified atom stereocenters. The zero-order valence-corrected chi connectivity index (χ0v) is 23.4. The summed E-state index contributed by atoms with van der Waals surface area (Å²) in [5.41, 5.74) is -0.738. The molecular formula is C23H19F3N6O3S4. The fraction of sp³-hybridized carbons (Fsp3) is 0.217. The van der Waals surface area contributed by atoms with Gasteiger partial charge in [-0.25, -0.2) is 9.97 Å². The van der Waals surface area contributed by atoms with Crippen LogP contribution < -0.4 is 5.32 Å². The Bertz CT molecular complexity index is 1480. The molecular weight excluding hydrogens is 594 g/mol. The van der Waals surface area contributed by atoms with E-state index in [2.05, 4.69) is 25.5 Å². The van der Waals surface area contributed by atoms with Gasteiger partial charge >= 0.3 is 12.1 Å². The van der Waals surface area contributed by atoms with Crippen LogP contribution in [0.2, 0.25) is 0 Å². The predicted molar refractivity (Wildman–Crippen MR) is 143 cm³/mol. The molecule has 0 fully saturated rings. The summed E-state index contributed by atoms with van der Waals surface area (Å²) in [4.78, 5) is 34.2. The first kappa shape index (κ1) is 28.9. The van der Waals surface area contributed by atoms with Gasteiger partial charge in [-0.1, -0.05) is 41.8 Å². The van der Waals surface area contributed by atoms with Gasteiger partial charge in [0.2, 0.25) is 0 Å². The van der Waals surface area contributed by atoms with Crippen molar-refractivity contribution >= 4 is 63.6 Å². The molecule has 1 aromatic carbocycles. The Morgan fingerprint density at radius 2 is 1.90 bits per heavy atom. The molecule has 39 heavy (non-hydrogen) atoms. The van der Waals surface area contributed by atoms with E-state index in [-0.39, 0.29) is 10.8 Å². The summed E-state index contributed by atoms with van der Waals surface area (Å²) in [6, 6.07) is 7.94. The number of carboxylic acids is 1. The van der Waals surface area contributed by atoms with Crippen LogP contribution in [0, 0.1) is 0 Å². The molecule has 204 valence electrons. The van der Waals surface area contributed by atoms with Crippen molar-refractivity contribution in [3.05, 3.63) is 60.2 Å². The van der Waals surface area contributed by atoms with E-state index in [9.17, 15) is 27.9 Å². The standard InChI is InChI=1S/C23H19F3N6O3S4/c1-3-14(20(34)35)37-17-10-27-21(39-17)30-19(33)18-15(36-13-6-4-12(5-7-13)23(24,25)26)8-9-16(29-18)38-22-31-28-11-32(22)2/h4-11,14H,3H2,1-2H3,(H,34,35)(H,27,30,33). The number of rotatable bonds is 10. The number of carboxylic acid groups (broad SMARTS) is 1. The van der Waals surface area contributed by atoms with Crippen LogP contribution in [0.15, 0.2) is 73.1 Å². The lowest BCUT2D eigenvalue weighted by atomic mass is 10.2. The van der Waals surface area contributed by atoms with Gasteiger partial charge in [-0.3, -0.25) is 14.9 Å². The lowest BCUT2D eigenvalue weighted by Gasteiger charge is -2.11. The number of carbonyl (C=O) groups is 2. The molecule has 3 aromatic heterocycles. The second kappa shape index (κ2) is 12.4. The maximum Gasteiger partial charge on any atom is 0.416 e. The van der Waals surface area contributed by atoms with Crippen LogP contribution in [0.4, 0.5) is 18.3 Å². The molecule has 16 heteroatoms. The highest BCUT2D eigenvalue weighted by atomic mass is 32.2. The SMILES string of the molecule is CCC(Sc1cnc(NC(=O)c2nc(Sc3nncn3C)ccc2Sc2ccc(C(F)(F)F)cc2)s1)C(=O)O. The summed E-state index contributed by atoms with van der Waals surface area (Å²) in [6.07, 6.45) is -1.02. The Morgan fingerprint density at radius 1 is 1.15 bits per heavy atom. The van der Waals surface area contributed by atoms with Crippen LogP contribution in [-0.2, 0) is 18.0 Å². The number of hydrogen-bond acceptors (Lipinski definition) is 10. The highest BCUT2D eigenvalue weighted by molar-refractivity contribution is 8.02. The second-order valence-electron chi connectivity index (χ2n) is 7.74. The molecule has 0 aliphatic heterocycles. The number of aryl methyl sites for hydroxylation is 1. The van der Waals surface area contributed by atoms with Gasteiger partial charge in [-0.15, -0.1) is 10.2 Å². The Labute approximate surface area is 237 Å². The monoisotopic (exact) mass is 612 g/mol. The number of alkyl halides is 3. The molecule has 4 rings (SSSR count).